The molecule has 20 rings (SSSR count). The van der Waals surface area contributed by atoms with Crippen LogP contribution in [-0.2, 0) is 4.79 Å². The van der Waals surface area contributed by atoms with Crippen LogP contribution < -0.4 is 126 Å². The number of amides is 1. The molecule has 1 amide bonds. The zero-order chi connectivity index (χ0) is 98.7. The van der Waals surface area contributed by atoms with Gasteiger partial charge >= 0.3 is 0 Å². The fourth-order valence-electron chi connectivity index (χ4n) is 19.5. The van der Waals surface area contributed by atoms with Gasteiger partial charge in [0.1, 0.15) is 39.6 Å². The minimum Gasteiger partial charge on any atom is -0.491 e. The fourth-order valence-corrected chi connectivity index (χ4v) is 19.5. The molecule has 43 nitrogen and oxygen atoms in total. The lowest BCUT2D eigenvalue weighted by molar-refractivity contribution is -0.828. The Bertz CT molecular complexity index is 3810. The molecular formula is C97H175FN41O2+. The molecule has 0 atom stereocenters. The number of nitrogens with one attached hydrogen (secondary N) is 15. The number of pyridine rings is 1. The van der Waals surface area contributed by atoms with Crippen molar-refractivity contribution in [3.05, 3.63) is 116 Å². The lowest BCUT2D eigenvalue weighted by Crippen LogP contribution is -2.85. The van der Waals surface area contributed by atoms with Crippen molar-refractivity contribution in [1.29, 1.82) is 0 Å². The number of anilines is 5. The quantitative estimate of drug-likeness (QED) is 0.0282. The van der Waals surface area contributed by atoms with Crippen LogP contribution in [0.1, 0.15) is 116 Å². The lowest BCUT2D eigenvalue weighted by Gasteiger charge is -2.36. The summed E-state index contributed by atoms with van der Waals surface area (Å²) < 4.78 is 18.5. The van der Waals surface area contributed by atoms with Gasteiger partial charge in [-0.2, -0.15) is 16.6 Å². The molecule has 5 aromatic heterocycles. The Morgan fingerprint density at radius 2 is 1.02 bits per heavy atom. The van der Waals surface area contributed by atoms with Gasteiger partial charge in [0.15, 0.2) is 27.2 Å². The maximum atomic E-state index is 13.3. The zero-order valence-corrected chi connectivity index (χ0v) is 85.4. The summed E-state index contributed by atoms with van der Waals surface area (Å²) in [5.41, 5.74) is 20.0. The topological polar surface area (TPSA) is 439 Å². The Hall–Kier alpha value is -8.98. The van der Waals surface area contributed by atoms with Crippen LogP contribution in [0.3, 0.4) is 0 Å². The van der Waals surface area contributed by atoms with Crippen molar-refractivity contribution in [3.8, 4) is 5.75 Å². The van der Waals surface area contributed by atoms with E-state index in [-0.39, 0.29) is 11.7 Å². The summed E-state index contributed by atoms with van der Waals surface area (Å²) in [5, 5.41) is 51.2. The molecule has 14 aliphatic heterocycles. The molecule has 786 valence electrons. The predicted octanol–water partition coefficient (Wildman–Crippen LogP) is 0.539. The van der Waals surface area contributed by atoms with E-state index < -0.39 is 0 Å². The van der Waals surface area contributed by atoms with E-state index in [1.165, 1.54) is 225 Å². The van der Waals surface area contributed by atoms with E-state index >= 15 is 0 Å². The number of halogens is 1. The standard InChI is InChI=1S/C12H21N3O.2C11H22N2.C10H13FN2.C10H20N2.C9H14N4O.C9H13N3.C9H21N3.2C8H12N4.H4N12/c1-14-8-2-3-11-5-9-15(10-6-11)12(16)4-7-13;1-13-8-4-11(5-9-13)10-2-6-12-7-3-10;1-2-8-13(9-3-1)10-11-4-6-12-7-5-11;11-9-3-1-2-4-10(9)13-7-5-12-6-8-13;1-5-11-6-2-9(1)10-3-7-12-8-4-10;1-14-8-6-11-7-12-9(8)13-4-2-10-3-5-13;1-2-9(8-11-3-1)12-6-4-10-5-7-12;1-10-4-3-5-12-8-6-11(2)7-9-12;1-2-10-7-11-8(1)12-5-3-9-4-6-12;1-2-10-8(11-3-1)12-6-4-9-5-7-12;1-3-7-11(8-4-1)12-9-5-2-6-10-12/h2,8,11H,1,3-7,9-10,13H2;10-12H,2-9H2,1H3;11-12H,1-10H2;1-4,12H,5-8H2;9-12H,1-8H2;6-7,10H,2-5H2,1H3;1-3,8,10H,4-7H2;10H,3-9H2,1-2H3;1-2,7,9H,3-6H2;1-3,9H,4-7H2;(H4,1,2,3,4,5,6,7,8,9,10)/p+1/b8-2-;;;;;;;;;;. The number of ether oxygens (including phenoxy) is 1. The molecule has 0 unspecified atom stereocenters. The van der Waals surface area contributed by atoms with Crippen molar-refractivity contribution >= 4 is 41.6 Å². The number of nitrogens with two attached hydrogens (primary N) is 1. The first-order valence-electron chi connectivity index (χ1n) is 52.6. The van der Waals surface area contributed by atoms with Crippen molar-refractivity contribution in [2.45, 2.75) is 116 Å². The predicted molar refractivity (Wildman–Crippen MR) is 560 cm³/mol. The minimum atomic E-state index is -0.121. The number of rotatable bonds is 20. The number of carbonyl (C=O) groups excluding carboxylic acids is 1. The van der Waals surface area contributed by atoms with Gasteiger partial charge in [0.2, 0.25) is 11.9 Å². The fraction of sp³-hybridized carbons (Fsp3) is 0.722. The number of carbonyl (C=O) groups is 1. The molecule has 0 saturated carbocycles. The Morgan fingerprint density at radius 3 is 1.55 bits per heavy atom. The van der Waals surface area contributed by atoms with Crippen LogP contribution in [0.5, 0.6) is 5.75 Å². The van der Waals surface area contributed by atoms with Gasteiger partial charge < -0.3 is 113 Å². The third-order valence-corrected chi connectivity index (χ3v) is 27.8. The van der Waals surface area contributed by atoms with Crippen molar-refractivity contribution in [2.24, 2.45) is 46.2 Å². The maximum Gasteiger partial charge on any atom is 0.225 e. The lowest BCUT2D eigenvalue weighted by atomic mass is 9.79. The molecule has 19 heterocycles. The van der Waals surface area contributed by atoms with E-state index in [4.69, 9.17) is 10.5 Å². The van der Waals surface area contributed by atoms with Crippen LogP contribution in [0.25, 0.3) is 0 Å². The van der Waals surface area contributed by atoms with Gasteiger partial charge in [-0.15, -0.1) is 11.1 Å². The summed E-state index contributed by atoms with van der Waals surface area (Å²) in [6.45, 7) is 49.9. The van der Waals surface area contributed by atoms with Gasteiger partial charge in [0.25, 0.3) is 0 Å². The molecule has 14 saturated heterocycles. The van der Waals surface area contributed by atoms with Crippen molar-refractivity contribution in [3.63, 3.8) is 0 Å². The van der Waals surface area contributed by atoms with E-state index in [0.29, 0.717) is 18.9 Å². The molecule has 14 fully saturated rings. The molecule has 1 aromatic carbocycles. The number of aromatic nitrogens is 13. The first kappa shape index (κ1) is 114. The minimum absolute atomic E-state index is 0.121. The molecule has 0 aliphatic carbocycles. The van der Waals surface area contributed by atoms with Gasteiger partial charge in [0, 0.05) is 221 Å². The third-order valence-electron chi connectivity index (χ3n) is 27.8. The summed E-state index contributed by atoms with van der Waals surface area (Å²) in [6, 6.07) is 14.8. The Balaban J connectivity index is 0.000000160. The van der Waals surface area contributed by atoms with Crippen LogP contribution in [0.15, 0.2) is 116 Å². The highest BCUT2D eigenvalue weighted by Crippen LogP contribution is 2.32. The van der Waals surface area contributed by atoms with Crippen LogP contribution in [0, 0.1) is 41.3 Å². The van der Waals surface area contributed by atoms with Crippen LogP contribution in [0.4, 0.5) is 33.3 Å². The number of nitrogens with zero attached hydrogens (tertiary/aromatic N) is 25. The third kappa shape index (κ3) is 45.9. The summed E-state index contributed by atoms with van der Waals surface area (Å²) in [4.78, 5) is 68.1. The Morgan fingerprint density at radius 1 is 0.496 bits per heavy atom. The molecule has 44 heteroatoms. The largest absolute Gasteiger partial charge is 0.491 e. The molecule has 6 aromatic rings. The average molecular weight is 1970 g/mol. The van der Waals surface area contributed by atoms with E-state index in [1.54, 1.807) is 56.8 Å². The van der Waals surface area contributed by atoms with Gasteiger partial charge in [-0.05, 0) is 299 Å². The number of methoxy groups -OCH3 is 1. The number of hydrazine groups is 6. The Labute approximate surface area is 839 Å². The van der Waals surface area contributed by atoms with E-state index in [0.717, 1.165) is 233 Å². The molecule has 0 radical (unpaired) electrons. The molecule has 17 N–H and O–H groups in total. The first-order chi connectivity index (χ1) is 69.5. The molecule has 0 bridgehead atoms. The number of likely N-dealkylation sites (N-methyl/N-ethyl adjacent to an activating group) is 1. The number of para-hydroxylation sites is 1. The van der Waals surface area contributed by atoms with Gasteiger partial charge in [-0.25, -0.2) is 34.3 Å². The normalized spacial score (nSPS) is 20.9. The number of aliphatic imine (C=N–C) groups is 1. The molecule has 14 aliphatic rings. The highest BCUT2D eigenvalue weighted by Gasteiger charge is 2.29. The molecular weight excluding hydrogens is 1790 g/mol. The molecule has 0 spiro atoms. The second-order valence-corrected chi connectivity index (χ2v) is 37.7. The van der Waals surface area contributed by atoms with Crippen molar-refractivity contribution < 1.29 is 18.8 Å². The first-order valence-corrected chi connectivity index (χ1v) is 52.6. The summed E-state index contributed by atoms with van der Waals surface area (Å²) in [5.74, 6) is 9.41. The second-order valence-electron chi connectivity index (χ2n) is 37.7. The maximum absolute atomic E-state index is 13.3. The van der Waals surface area contributed by atoms with Crippen molar-refractivity contribution in [2.75, 3.05) is 333 Å². The van der Waals surface area contributed by atoms with Gasteiger partial charge in [-0.1, -0.05) is 24.6 Å². The number of likely N-dealkylation sites (tertiary alicyclic amines) is 3. The summed E-state index contributed by atoms with van der Waals surface area (Å²) in [6.07, 6.45) is 41.2. The monoisotopic (exact) mass is 1970 g/mol. The SMILES string of the molecule is C1CC(C2CCNCC2)CCN1.C1CCN(CC2CCNCC2)CC1.C=N/C=C\CC1CCN(C(=O)CCN)CC1.CN1CCC(C2CCNCC2)CC1.CNCCCN1CCN(C)CC1.COc1cncnc1N1CCNCC1.Fc1ccccc1N1CCNCC1.c1cc(N2CCNCC2)ncn1.c1cnc(N2CCNCC2)nc1.c1cncc(N2CCNCC2)c1.n1nn[n+](N2NNNNN2)nn1. The van der Waals surface area contributed by atoms with Crippen LogP contribution in [0.2, 0.25) is 0 Å². The highest BCUT2D eigenvalue weighted by molar-refractivity contribution is 5.76. The smallest absolute Gasteiger partial charge is 0.225 e. The summed E-state index contributed by atoms with van der Waals surface area (Å²) in [7, 11) is 8.11. The van der Waals surface area contributed by atoms with E-state index in [9.17, 15) is 9.18 Å². The average Bonchev–Trinajstić information content (AvgIpc) is 0.845. The number of hydrogen-bond acceptors (Lipinski definition) is 41. The number of piperazine rings is 6. The van der Waals surface area contributed by atoms with Gasteiger partial charge in [-0.3, -0.25) is 14.8 Å². The number of piperidine rings is 7. The highest BCUT2D eigenvalue weighted by atomic mass is 19.1. The van der Waals surface area contributed by atoms with Crippen LogP contribution >= 0.6 is 0 Å². The number of benzene rings is 1. The number of hydrogen-bond donors (Lipinski definition) is 16. The Kier molecular flexibility index (Phi) is 57.8. The molecule has 141 heavy (non-hydrogen) atoms. The van der Waals surface area contributed by atoms with E-state index in [2.05, 4.69) is 224 Å². The second kappa shape index (κ2) is 71.5. The summed E-state index contributed by atoms with van der Waals surface area (Å²) >= 11 is 0. The van der Waals surface area contributed by atoms with Gasteiger partial charge in [0.05, 0.1) is 30.9 Å². The van der Waals surface area contributed by atoms with Crippen LogP contribution in [-0.4, -0.2) is 401 Å². The van der Waals surface area contributed by atoms with Crippen molar-refractivity contribution in [1.82, 2.24) is 166 Å². The zero-order valence-electron chi connectivity index (χ0n) is 85.4. The van der Waals surface area contributed by atoms with E-state index in [1.807, 2.05) is 54.7 Å². The number of allylic oxidation sites excluding steroid dienone is 1.